The fourth-order valence-corrected chi connectivity index (χ4v) is 3.08. The summed E-state index contributed by atoms with van der Waals surface area (Å²) in [4.78, 5) is 39.3. The molecule has 0 bridgehead atoms. The van der Waals surface area contributed by atoms with Crippen molar-refractivity contribution in [3.05, 3.63) is 68.6 Å². The molecule has 0 saturated carbocycles. The van der Waals surface area contributed by atoms with E-state index < -0.39 is 22.4 Å². The molecule has 3 aromatic rings. The van der Waals surface area contributed by atoms with E-state index in [1.54, 1.807) is 23.0 Å². The van der Waals surface area contributed by atoms with Crippen LogP contribution in [0, 0.1) is 10.1 Å². The Bertz CT molecular complexity index is 1050. The van der Waals surface area contributed by atoms with Crippen LogP contribution < -0.4 is 20.1 Å². The van der Waals surface area contributed by atoms with Gasteiger partial charge in [-0.25, -0.2) is 4.98 Å². The molecule has 0 spiro atoms. The number of rotatable bonds is 10. The predicted octanol–water partition coefficient (Wildman–Crippen LogP) is 2.28. The van der Waals surface area contributed by atoms with Gasteiger partial charge in [0.2, 0.25) is 5.91 Å². The Morgan fingerprint density at radius 2 is 2.13 bits per heavy atom. The maximum atomic E-state index is 12.5. The zero-order valence-corrected chi connectivity index (χ0v) is 17.1. The van der Waals surface area contributed by atoms with Crippen LogP contribution in [0.1, 0.15) is 21.8 Å². The monoisotopic (exact) mass is 446 g/mol. The number of methoxy groups -OCH3 is 1. The first-order valence-electron chi connectivity index (χ1n) is 8.91. The van der Waals surface area contributed by atoms with E-state index in [0.29, 0.717) is 11.5 Å². The Labute approximate surface area is 180 Å². The molecule has 3 rings (SSSR count). The lowest BCUT2D eigenvalue weighted by Crippen LogP contribution is -2.36. The molecule has 0 saturated heterocycles. The number of furan rings is 1. The maximum Gasteiger partial charge on any atom is 0.286 e. The van der Waals surface area contributed by atoms with Gasteiger partial charge < -0.3 is 24.5 Å². The number of nitrogens with zero attached hydrogens (tertiary/aromatic N) is 2. The lowest BCUT2D eigenvalue weighted by molar-refractivity contribution is -0.385. The van der Waals surface area contributed by atoms with E-state index in [0.717, 1.165) is 6.07 Å². The van der Waals surface area contributed by atoms with Crippen LogP contribution in [-0.4, -0.2) is 35.4 Å². The molecule has 2 N–H and O–H groups in total. The van der Waals surface area contributed by atoms with Crippen molar-refractivity contribution >= 4 is 28.8 Å². The summed E-state index contributed by atoms with van der Waals surface area (Å²) < 4.78 is 15.9. The predicted molar refractivity (Wildman–Crippen MR) is 109 cm³/mol. The SMILES string of the molecule is COc1cc(C(=O)NCC(=O)NCc2ccco2)c([N+](=O)[O-])cc1OCc1cscn1. The molecule has 0 aliphatic heterocycles. The second-order valence-corrected chi connectivity index (χ2v) is 6.80. The molecule has 1 aromatic carbocycles. The molecular formula is C19H18N4O7S. The molecule has 2 amide bonds. The number of thiazole rings is 1. The first-order valence-corrected chi connectivity index (χ1v) is 9.85. The molecule has 0 fully saturated rings. The van der Waals surface area contributed by atoms with E-state index in [4.69, 9.17) is 13.9 Å². The average molecular weight is 446 g/mol. The molecule has 2 heterocycles. The third-order valence-corrected chi connectivity index (χ3v) is 4.67. The van der Waals surface area contributed by atoms with Crippen LogP contribution >= 0.6 is 11.3 Å². The van der Waals surface area contributed by atoms with Crippen LogP contribution in [0.5, 0.6) is 11.5 Å². The summed E-state index contributed by atoms with van der Waals surface area (Å²) >= 11 is 1.39. The summed E-state index contributed by atoms with van der Waals surface area (Å²) in [5.74, 6) is -0.511. The van der Waals surface area contributed by atoms with Crippen molar-refractivity contribution in [3.8, 4) is 11.5 Å². The molecular weight excluding hydrogens is 428 g/mol. The van der Waals surface area contributed by atoms with Crippen LogP contribution in [0.4, 0.5) is 5.69 Å². The number of hydrogen-bond acceptors (Lipinski definition) is 9. The molecule has 0 atom stereocenters. The molecule has 31 heavy (non-hydrogen) atoms. The van der Waals surface area contributed by atoms with Gasteiger partial charge in [0.05, 0.1) is 48.7 Å². The minimum atomic E-state index is -0.802. The van der Waals surface area contributed by atoms with Gasteiger partial charge in [0.1, 0.15) is 17.9 Å². The molecule has 0 aliphatic rings. The zero-order valence-electron chi connectivity index (χ0n) is 16.3. The smallest absolute Gasteiger partial charge is 0.286 e. The lowest BCUT2D eigenvalue weighted by Gasteiger charge is -2.12. The topological polar surface area (TPSA) is 146 Å². The average Bonchev–Trinajstić information content (AvgIpc) is 3.48. The minimum absolute atomic E-state index is 0.0817. The number of carbonyl (C=O) groups excluding carboxylic acids is 2. The van der Waals surface area contributed by atoms with Gasteiger partial charge >= 0.3 is 0 Å². The standard InChI is InChI=1S/C19H18N4O7S/c1-28-16-5-14(19(25)21-8-18(24)20-7-13-3-2-4-29-13)15(23(26)27)6-17(16)30-9-12-10-31-11-22-12/h2-6,10-11H,7-9H2,1H3,(H,20,24)(H,21,25). The Morgan fingerprint density at radius 3 is 2.77 bits per heavy atom. The van der Waals surface area contributed by atoms with Crippen molar-refractivity contribution in [1.29, 1.82) is 0 Å². The van der Waals surface area contributed by atoms with Crippen LogP contribution in [0.2, 0.25) is 0 Å². The molecule has 162 valence electrons. The van der Waals surface area contributed by atoms with Crippen LogP contribution in [0.25, 0.3) is 0 Å². The first kappa shape index (κ1) is 21.8. The number of nitro benzene ring substituents is 1. The Morgan fingerprint density at radius 1 is 1.29 bits per heavy atom. The quantitative estimate of drug-likeness (QED) is 0.356. The molecule has 12 heteroatoms. The highest BCUT2D eigenvalue weighted by molar-refractivity contribution is 7.07. The van der Waals surface area contributed by atoms with Crippen molar-refractivity contribution < 1.29 is 28.4 Å². The number of ether oxygens (including phenoxy) is 2. The Balaban J connectivity index is 1.68. The number of amides is 2. The summed E-state index contributed by atoms with van der Waals surface area (Å²) in [6.45, 7) is -0.139. The summed E-state index contributed by atoms with van der Waals surface area (Å²) in [6.07, 6.45) is 1.47. The van der Waals surface area contributed by atoms with Gasteiger partial charge in [-0.2, -0.15) is 0 Å². The van der Waals surface area contributed by atoms with E-state index in [9.17, 15) is 19.7 Å². The Hall–Kier alpha value is -3.93. The van der Waals surface area contributed by atoms with Gasteiger partial charge in [0.25, 0.3) is 11.6 Å². The minimum Gasteiger partial charge on any atom is -0.493 e. The molecule has 0 radical (unpaired) electrons. The summed E-state index contributed by atoms with van der Waals surface area (Å²) in [7, 11) is 1.35. The van der Waals surface area contributed by atoms with Gasteiger partial charge in [-0.15, -0.1) is 11.3 Å². The van der Waals surface area contributed by atoms with Gasteiger partial charge in [0.15, 0.2) is 11.5 Å². The number of nitrogens with one attached hydrogen (secondary N) is 2. The molecule has 0 unspecified atom stereocenters. The van der Waals surface area contributed by atoms with E-state index in [-0.39, 0.29) is 36.8 Å². The van der Waals surface area contributed by atoms with Crippen LogP contribution in [0.3, 0.4) is 0 Å². The highest BCUT2D eigenvalue weighted by Crippen LogP contribution is 2.35. The summed E-state index contributed by atoms with van der Waals surface area (Å²) in [6, 6.07) is 5.67. The van der Waals surface area contributed by atoms with E-state index in [2.05, 4.69) is 15.6 Å². The molecule has 11 nitrogen and oxygen atoms in total. The number of aromatic nitrogens is 1. The lowest BCUT2D eigenvalue weighted by atomic mass is 10.1. The normalized spacial score (nSPS) is 10.4. The number of benzene rings is 1. The van der Waals surface area contributed by atoms with Crippen molar-refractivity contribution in [3.63, 3.8) is 0 Å². The van der Waals surface area contributed by atoms with Crippen molar-refractivity contribution in [2.75, 3.05) is 13.7 Å². The van der Waals surface area contributed by atoms with Crippen molar-refractivity contribution in [2.24, 2.45) is 0 Å². The second-order valence-electron chi connectivity index (χ2n) is 6.08. The van der Waals surface area contributed by atoms with E-state index >= 15 is 0 Å². The summed E-state index contributed by atoms with van der Waals surface area (Å²) in [5, 5.41) is 18.2. The van der Waals surface area contributed by atoms with Crippen LogP contribution in [0.15, 0.2) is 45.8 Å². The number of nitro groups is 1. The molecule has 0 aliphatic carbocycles. The Kier molecular flexibility index (Phi) is 7.17. The van der Waals surface area contributed by atoms with Crippen LogP contribution in [-0.2, 0) is 17.9 Å². The maximum absolute atomic E-state index is 12.5. The van der Waals surface area contributed by atoms with E-state index in [1.807, 2.05) is 0 Å². The van der Waals surface area contributed by atoms with Gasteiger partial charge in [-0.05, 0) is 12.1 Å². The molecule has 2 aromatic heterocycles. The first-order chi connectivity index (χ1) is 15.0. The van der Waals surface area contributed by atoms with E-state index in [1.165, 1.54) is 30.8 Å². The number of hydrogen-bond donors (Lipinski definition) is 2. The highest BCUT2D eigenvalue weighted by atomic mass is 32.1. The second kappa shape index (κ2) is 10.2. The summed E-state index contributed by atoms with van der Waals surface area (Å²) in [5.41, 5.74) is 1.54. The van der Waals surface area contributed by atoms with Gasteiger partial charge in [-0.3, -0.25) is 19.7 Å². The van der Waals surface area contributed by atoms with Gasteiger partial charge in [-0.1, -0.05) is 0 Å². The van der Waals surface area contributed by atoms with Gasteiger partial charge in [0, 0.05) is 11.4 Å². The fraction of sp³-hybridized carbons (Fsp3) is 0.211. The third kappa shape index (κ3) is 5.79. The fourth-order valence-electron chi connectivity index (χ4n) is 2.53. The zero-order chi connectivity index (χ0) is 22.2. The van der Waals surface area contributed by atoms with Crippen molar-refractivity contribution in [1.82, 2.24) is 15.6 Å². The van der Waals surface area contributed by atoms with Crippen molar-refractivity contribution in [2.45, 2.75) is 13.2 Å². The number of carbonyl (C=O) groups is 2. The third-order valence-electron chi connectivity index (χ3n) is 4.03. The highest BCUT2D eigenvalue weighted by Gasteiger charge is 2.25. The largest absolute Gasteiger partial charge is 0.493 e.